The molecule has 0 aromatic heterocycles. The van der Waals surface area contributed by atoms with Gasteiger partial charge < -0.3 is 4.74 Å². The van der Waals surface area contributed by atoms with E-state index in [0.29, 0.717) is 18.9 Å². The normalized spacial score (nSPS) is 9.82. The third-order valence-electron chi connectivity index (χ3n) is 2.48. The highest BCUT2D eigenvalue weighted by atomic mass is 16.5. The van der Waals surface area contributed by atoms with Gasteiger partial charge in [-0.15, -0.1) is 0 Å². The van der Waals surface area contributed by atoms with E-state index in [2.05, 4.69) is 4.85 Å². The molecule has 17 heavy (non-hydrogen) atoms. The van der Waals surface area contributed by atoms with E-state index in [-0.39, 0.29) is 0 Å². The van der Waals surface area contributed by atoms with Crippen molar-refractivity contribution in [2.45, 2.75) is 13.2 Å². The SMILES string of the molecule is [C-]#[N+]c1ccccc1COCc1ccccc1. The van der Waals surface area contributed by atoms with Crippen molar-refractivity contribution in [2.75, 3.05) is 0 Å². The smallest absolute Gasteiger partial charge is 0.192 e. The van der Waals surface area contributed by atoms with E-state index >= 15 is 0 Å². The minimum Gasteiger partial charge on any atom is -0.373 e. The maximum Gasteiger partial charge on any atom is 0.192 e. The highest BCUT2D eigenvalue weighted by Gasteiger charge is 2.00. The summed E-state index contributed by atoms with van der Waals surface area (Å²) in [6, 6.07) is 17.6. The minimum absolute atomic E-state index is 0.480. The van der Waals surface area contributed by atoms with Gasteiger partial charge in [-0.3, -0.25) is 0 Å². The molecule has 0 saturated carbocycles. The number of nitrogens with zero attached hydrogens (tertiary/aromatic N) is 1. The summed E-state index contributed by atoms with van der Waals surface area (Å²) in [7, 11) is 0. The summed E-state index contributed by atoms with van der Waals surface area (Å²) in [6.45, 7) is 8.11. The Labute approximate surface area is 101 Å². The zero-order chi connectivity index (χ0) is 11.9. The highest BCUT2D eigenvalue weighted by molar-refractivity contribution is 5.51. The Balaban J connectivity index is 1.93. The highest BCUT2D eigenvalue weighted by Crippen LogP contribution is 2.19. The van der Waals surface area contributed by atoms with Crippen LogP contribution in [0.1, 0.15) is 11.1 Å². The maximum absolute atomic E-state index is 7.05. The molecule has 2 heteroatoms. The van der Waals surface area contributed by atoms with Crippen LogP contribution in [0, 0.1) is 6.57 Å². The minimum atomic E-state index is 0.480. The molecule has 0 aliphatic carbocycles. The zero-order valence-electron chi connectivity index (χ0n) is 9.47. The summed E-state index contributed by atoms with van der Waals surface area (Å²) in [6.07, 6.45) is 0. The summed E-state index contributed by atoms with van der Waals surface area (Å²) in [5, 5.41) is 0. The van der Waals surface area contributed by atoms with E-state index in [0.717, 1.165) is 11.1 Å². The summed E-state index contributed by atoms with van der Waals surface area (Å²) in [5.74, 6) is 0. The summed E-state index contributed by atoms with van der Waals surface area (Å²) >= 11 is 0. The lowest BCUT2D eigenvalue weighted by molar-refractivity contribution is 0.107. The predicted octanol–water partition coefficient (Wildman–Crippen LogP) is 3.95. The van der Waals surface area contributed by atoms with Crippen LogP contribution in [0.25, 0.3) is 4.85 Å². The molecule has 0 aliphatic heterocycles. The Bertz CT molecular complexity index is 514. The second-order valence-corrected chi connectivity index (χ2v) is 3.72. The molecule has 2 rings (SSSR count). The Morgan fingerprint density at radius 3 is 2.35 bits per heavy atom. The second kappa shape index (κ2) is 5.83. The molecule has 0 N–H and O–H groups in total. The first-order valence-corrected chi connectivity index (χ1v) is 5.47. The lowest BCUT2D eigenvalue weighted by atomic mass is 10.2. The molecule has 0 unspecified atom stereocenters. The summed E-state index contributed by atoms with van der Waals surface area (Å²) in [4.78, 5) is 3.47. The second-order valence-electron chi connectivity index (χ2n) is 3.72. The summed E-state index contributed by atoms with van der Waals surface area (Å²) < 4.78 is 5.60. The number of para-hydroxylation sites is 1. The number of ether oxygens (including phenoxy) is 1. The topological polar surface area (TPSA) is 13.6 Å². The molecule has 0 atom stereocenters. The van der Waals surface area contributed by atoms with Gasteiger partial charge in [0.25, 0.3) is 0 Å². The van der Waals surface area contributed by atoms with E-state index in [4.69, 9.17) is 11.3 Å². The monoisotopic (exact) mass is 223 g/mol. The number of hydrogen-bond donors (Lipinski definition) is 0. The lowest BCUT2D eigenvalue weighted by Gasteiger charge is -2.06. The number of benzene rings is 2. The van der Waals surface area contributed by atoms with Crippen LogP contribution in [-0.4, -0.2) is 0 Å². The van der Waals surface area contributed by atoms with Gasteiger partial charge in [-0.05, 0) is 11.1 Å². The molecule has 84 valence electrons. The van der Waals surface area contributed by atoms with Crippen molar-refractivity contribution in [1.82, 2.24) is 0 Å². The van der Waals surface area contributed by atoms with Crippen LogP contribution >= 0.6 is 0 Å². The van der Waals surface area contributed by atoms with E-state index < -0.39 is 0 Å². The van der Waals surface area contributed by atoms with Gasteiger partial charge in [0, 0.05) is 0 Å². The number of rotatable bonds is 4. The molecule has 0 bridgehead atoms. The standard InChI is InChI=1S/C15H13NO/c1-16-15-10-6-5-9-14(15)12-17-11-13-7-3-2-4-8-13/h2-10H,11-12H2. The van der Waals surface area contributed by atoms with Crippen LogP contribution < -0.4 is 0 Å². The fraction of sp³-hybridized carbons (Fsp3) is 0.133. The fourth-order valence-electron chi connectivity index (χ4n) is 1.60. The Kier molecular flexibility index (Phi) is 3.90. The van der Waals surface area contributed by atoms with Gasteiger partial charge in [0.1, 0.15) is 0 Å². The molecular formula is C15H13NO. The molecule has 0 amide bonds. The zero-order valence-corrected chi connectivity index (χ0v) is 9.47. The van der Waals surface area contributed by atoms with Crippen molar-refractivity contribution in [3.63, 3.8) is 0 Å². The van der Waals surface area contributed by atoms with Gasteiger partial charge >= 0.3 is 0 Å². The fourth-order valence-corrected chi connectivity index (χ4v) is 1.60. The van der Waals surface area contributed by atoms with Crippen molar-refractivity contribution < 1.29 is 4.74 Å². The van der Waals surface area contributed by atoms with Gasteiger partial charge in [0.15, 0.2) is 5.69 Å². The van der Waals surface area contributed by atoms with E-state index in [9.17, 15) is 0 Å². The van der Waals surface area contributed by atoms with Crippen molar-refractivity contribution in [3.8, 4) is 0 Å². The van der Waals surface area contributed by atoms with Crippen LogP contribution in [0.3, 0.4) is 0 Å². The third-order valence-corrected chi connectivity index (χ3v) is 2.48. The van der Waals surface area contributed by atoms with Crippen LogP contribution in [0.15, 0.2) is 54.6 Å². The molecule has 2 aromatic rings. The van der Waals surface area contributed by atoms with Crippen LogP contribution in [0.2, 0.25) is 0 Å². The molecule has 0 fully saturated rings. The quantitative estimate of drug-likeness (QED) is 0.715. The van der Waals surface area contributed by atoms with Crippen molar-refractivity contribution in [3.05, 3.63) is 77.1 Å². The van der Waals surface area contributed by atoms with Gasteiger partial charge in [0.05, 0.1) is 19.8 Å². The molecule has 0 heterocycles. The van der Waals surface area contributed by atoms with E-state index in [1.165, 1.54) is 0 Å². The molecule has 0 spiro atoms. The van der Waals surface area contributed by atoms with Crippen molar-refractivity contribution in [1.29, 1.82) is 0 Å². The van der Waals surface area contributed by atoms with Crippen molar-refractivity contribution >= 4 is 5.69 Å². The molecule has 2 nitrogen and oxygen atoms in total. The molecule has 0 saturated heterocycles. The van der Waals surface area contributed by atoms with Gasteiger partial charge in [-0.25, -0.2) is 4.85 Å². The Morgan fingerprint density at radius 1 is 0.882 bits per heavy atom. The largest absolute Gasteiger partial charge is 0.373 e. The molecule has 0 aliphatic rings. The first-order chi connectivity index (χ1) is 8.40. The average molecular weight is 223 g/mol. The van der Waals surface area contributed by atoms with Crippen LogP contribution in [0.5, 0.6) is 0 Å². The maximum atomic E-state index is 7.05. The average Bonchev–Trinajstić information content (AvgIpc) is 2.40. The summed E-state index contributed by atoms with van der Waals surface area (Å²) in [5.41, 5.74) is 2.76. The van der Waals surface area contributed by atoms with Crippen LogP contribution in [0.4, 0.5) is 5.69 Å². The van der Waals surface area contributed by atoms with Crippen molar-refractivity contribution in [2.24, 2.45) is 0 Å². The van der Waals surface area contributed by atoms with Crippen LogP contribution in [-0.2, 0) is 18.0 Å². The molecule has 2 aromatic carbocycles. The lowest BCUT2D eigenvalue weighted by Crippen LogP contribution is -1.93. The Morgan fingerprint density at radius 2 is 1.59 bits per heavy atom. The van der Waals surface area contributed by atoms with Gasteiger partial charge in [-0.2, -0.15) is 0 Å². The van der Waals surface area contributed by atoms with Gasteiger partial charge in [0.2, 0.25) is 0 Å². The van der Waals surface area contributed by atoms with Gasteiger partial charge in [-0.1, -0.05) is 54.6 Å². The number of hydrogen-bond acceptors (Lipinski definition) is 1. The third kappa shape index (κ3) is 3.17. The van der Waals surface area contributed by atoms with E-state index in [1.807, 2.05) is 54.6 Å². The van der Waals surface area contributed by atoms with E-state index in [1.54, 1.807) is 0 Å². The predicted molar refractivity (Wildman–Crippen MR) is 67.6 cm³/mol. The first-order valence-electron chi connectivity index (χ1n) is 5.47. The first kappa shape index (κ1) is 11.4. The molecule has 0 radical (unpaired) electrons. The Hall–Kier alpha value is -2.11. The molecular weight excluding hydrogens is 210 g/mol.